The molecule has 1 aromatic rings. The average molecular weight is 250 g/mol. The van der Waals surface area contributed by atoms with Gasteiger partial charge in [-0.1, -0.05) is 25.3 Å². The first kappa shape index (κ1) is 13.2. The number of ether oxygens (including phenoxy) is 2. The van der Waals surface area contributed by atoms with Crippen LogP contribution in [0.3, 0.4) is 0 Å². The van der Waals surface area contributed by atoms with Crippen LogP contribution in [0, 0.1) is 5.92 Å². The molecule has 1 aliphatic rings. The lowest BCUT2D eigenvalue weighted by Gasteiger charge is -2.26. The van der Waals surface area contributed by atoms with Crippen LogP contribution in [-0.2, 0) is 0 Å². The van der Waals surface area contributed by atoms with Crippen molar-refractivity contribution in [3.8, 4) is 11.5 Å². The maximum atomic E-state index is 10.1. The lowest BCUT2D eigenvalue weighted by molar-refractivity contribution is 0.0413. The summed E-state index contributed by atoms with van der Waals surface area (Å²) in [5.74, 6) is 1.94. The summed E-state index contributed by atoms with van der Waals surface area (Å²) in [7, 11) is 1.63. The SMILES string of the molecule is COc1cccc(OCC(O)C2CCCCC2)c1. The first-order valence-corrected chi connectivity index (χ1v) is 6.74. The van der Waals surface area contributed by atoms with Gasteiger partial charge < -0.3 is 14.6 Å². The molecule has 1 aliphatic carbocycles. The summed E-state index contributed by atoms with van der Waals surface area (Å²) >= 11 is 0. The highest BCUT2D eigenvalue weighted by atomic mass is 16.5. The second-order valence-corrected chi connectivity index (χ2v) is 4.96. The van der Waals surface area contributed by atoms with Crippen molar-refractivity contribution in [3.05, 3.63) is 24.3 Å². The van der Waals surface area contributed by atoms with Crippen molar-refractivity contribution < 1.29 is 14.6 Å². The van der Waals surface area contributed by atoms with Gasteiger partial charge in [0.25, 0.3) is 0 Å². The van der Waals surface area contributed by atoms with Crippen LogP contribution in [0.4, 0.5) is 0 Å². The molecule has 0 amide bonds. The smallest absolute Gasteiger partial charge is 0.123 e. The van der Waals surface area contributed by atoms with E-state index in [1.54, 1.807) is 7.11 Å². The highest BCUT2D eigenvalue weighted by Crippen LogP contribution is 2.27. The van der Waals surface area contributed by atoms with Crippen molar-refractivity contribution in [2.75, 3.05) is 13.7 Å². The number of hydrogen-bond donors (Lipinski definition) is 1. The van der Waals surface area contributed by atoms with Gasteiger partial charge in [0.05, 0.1) is 13.2 Å². The van der Waals surface area contributed by atoms with Gasteiger partial charge in [-0.2, -0.15) is 0 Å². The third kappa shape index (κ3) is 3.64. The van der Waals surface area contributed by atoms with Gasteiger partial charge in [-0.05, 0) is 30.9 Å². The van der Waals surface area contributed by atoms with Crippen LogP contribution < -0.4 is 9.47 Å². The van der Waals surface area contributed by atoms with Crippen molar-refractivity contribution in [1.29, 1.82) is 0 Å². The number of aliphatic hydroxyl groups is 1. The van der Waals surface area contributed by atoms with E-state index in [4.69, 9.17) is 9.47 Å². The maximum absolute atomic E-state index is 10.1. The van der Waals surface area contributed by atoms with E-state index < -0.39 is 0 Å². The monoisotopic (exact) mass is 250 g/mol. The predicted octanol–water partition coefficient (Wildman–Crippen LogP) is 3.02. The van der Waals surface area contributed by atoms with E-state index >= 15 is 0 Å². The van der Waals surface area contributed by atoms with Gasteiger partial charge in [-0.15, -0.1) is 0 Å². The third-order valence-electron chi connectivity index (χ3n) is 3.66. The van der Waals surface area contributed by atoms with Crippen LogP contribution in [0.1, 0.15) is 32.1 Å². The Morgan fingerprint density at radius 2 is 1.94 bits per heavy atom. The average Bonchev–Trinajstić information content (AvgIpc) is 2.46. The van der Waals surface area contributed by atoms with Crippen molar-refractivity contribution in [2.45, 2.75) is 38.2 Å². The molecule has 2 rings (SSSR count). The molecule has 0 aliphatic heterocycles. The second kappa shape index (κ2) is 6.64. The Kier molecular flexibility index (Phi) is 4.88. The Morgan fingerprint density at radius 3 is 2.67 bits per heavy atom. The zero-order chi connectivity index (χ0) is 12.8. The molecule has 0 radical (unpaired) electrons. The standard InChI is InChI=1S/C15H22O3/c1-17-13-8-5-9-14(10-13)18-11-15(16)12-6-3-2-4-7-12/h5,8-10,12,15-16H,2-4,6-7,11H2,1H3. The first-order valence-electron chi connectivity index (χ1n) is 6.74. The molecular weight excluding hydrogens is 228 g/mol. The molecule has 0 saturated heterocycles. The molecule has 3 heteroatoms. The zero-order valence-electron chi connectivity index (χ0n) is 11.0. The maximum Gasteiger partial charge on any atom is 0.123 e. The number of hydrogen-bond acceptors (Lipinski definition) is 3. The van der Waals surface area contributed by atoms with Crippen molar-refractivity contribution in [2.24, 2.45) is 5.92 Å². The van der Waals surface area contributed by atoms with E-state index in [0.29, 0.717) is 12.5 Å². The number of benzene rings is 1. The minimum absolute atomic E-state index is 0.350. The summed E-state index contributed by atoms with van der Waals surface area (Å²) in [6.07, 6.45) is 5.68. The van der Waals surface area contributed by atoms with Crippen LogP contribution in [0.15, 0.2) is 24.3 Å². The van der Waals surface area contributed by atoms with Gasteiger partial charge in [0.2, 0.25) is 0 Å². The fourth-order valence-corrected chi connectivity index (χ4v) is 2.53. The Bertz CT molecular complexity index is 359. The van der Waals surface area contributed by atoms with Gasteiger partial charge in [-0.25, -0.2) is 0 Å². The molecule has 3 nitrogen and oxygen atoms in total. The van der Waals surface area contributed by atoms with Gasteiger partial charge in [0.15, 0.2) is 0 Å². The Hall–Kier alpha value is -1.22. The van der Waals surface area contributed by atoms with E-state index in [-0.39, 0.29) is 6.10 Å². The normalized spacial score (nSPS) is 18.3. The van der Waals surface area contributed by atoms with Crippen molar-refractivity contribution in [3.63, 3.8) is 0 Å². The fourth-order valence-electron chi connectivity index (χ4n) is 2.53. The van der Waals surface area contributed by atoms with Crippen LogP contribution in [0.2, 0.25) is 0 Å². The minimum atomic E-state index is -0.350. The second-order valence-electron chi connectivity index (χ2n) is 4.96. The Morgan fingerprint density at radius 1 is 1.22 bits per heavy atom. The molecule has 0 aromatic heterocycles. The molecule has 0 spiro atoms. The van der Waals surface area contributed by atoms with Crippen LogP contribution in [0.5, 0.6) is 11.5 Å². The molecule has 18 heavy (non-hydrogen) atoms. The Labute approximate surface area is 109 Å². The summed E-state index contributed by atoms with van der Waals surface area (Å²) < 4.78 is 10.8. The van der Waals surface area contributed by atoms with Gasteiger partial charge in [0, 0.05) is 6.07 Å². The number of aliphatic hydroxyl groups excluding tert-OH is 1. The molecule has 0 bridgehead atoms. The lowest BCUT2D eigenvalue weighted by Crippen LogP contribution is -2.28. The quantitative estimate of drug-likeness (QED) is 0.873. The van der Waals surface area contributed by atoms with Gasteiger partial charge in [-0.3, -0.25) is 0 Å². The topological polar surface area (TPSA) is 38.7 Å². The minimum Gasteiger partial charge on any atom is -0.497 e. The summed E-state index contributed by atoms with van der Waals surface area (Å²) in [6.45, 7) is 0.373. The highest BCUT2D eigenvalue weighted by molar-refractivity contribution is 5.32. The van der Waals surface area contributed by atoms with Crippen LogP contribution in [0.25, 0.3) is 0 Å². The lowest BCUT2D eigenvalue weighted by atomic mass is 9.85. The van der Waals surface area contributed by atoms with Gasteiger partial charge >= 0.3 is 0 Å². The van der Waals surface area contributed by atoms with E-state index in [1.165, 1.54) is 19.3 Å². The summed E-state index contributed by atoms with van der Waals surface area (Å²) in [5.41, 5.74) is 0. The van der Waals surface area contributed by atoms with E-state index in [9.17, 15) is 5.11 Å². The van der Waals surface area contributed by atoms with Crippen LogP contribution in [-0.4, -0.2) is 24.9 Å². The van der Waals surface area contributed by atoms with E-state index in [2.05, 4.69) is 0 Å². The Balaban J connectivity index is 1.82. The zero-order valence-corrected chi connectivity index (χ0v) is 11.0. The first-order chi connectivity index (χ1) is 8.79. The fraction of sp³-hybridized carbons (Fsp3) is 0.600. The number of rotatable bonds is 5. The van der Waals surface area contributed by atoms with E-state index in [0.717, 1.165) is 24.3 Å². The molecule has 1 saturated carbocycles. The molecule has 1 unspecified atom stereocenters. The van der Waals surface area contributed by atoms with Crippen molar-refractivity contribution in [1.82, 2.24) is 0 Å². The molecule has 1 atom stereocenters. The molecule has 1 aromatic carbocycles. The summed E-state index contributed by atoms with van der Waals surface area (Å²) in [6, 6.07) is 7.50. The van der Waals surface area contributed by atoms with Crippen molar-refractivity contribution >= 4 is 0 Å². The molecule has 1 N–H and O–H groups in total. The third-order valence-corrected chi connectivity index (χ3v) is 3.66. The largest absolute Gasteiger partial charge is 0.497 e. The highest BCUT2D eigenvalue weighted by Gasteiger charge is 2.22. The predicted molar refractivity (Wildman–Crippen MR) is 71.1 cm³/mol. The molecule has 1 fully saturated rings. The molecular formula is C15H22O3. The summed E-state index contributed by atoms with van der Waals surface area (Å²) in [5, 5.41) is 10.1. The number of methoxy groups -OCH3 is 1. The van der Waals surface area contributed by atoms with Crippen LogP contribution >= 0.6 is 0 Å². The van der Waals surface area contributed by atoms with Gasteiger partial charge in [0.1, 0.15) is 18.1 Å². The molecule has 0 heterocycles. The molecule has 100 valence electrons. The van der Waals surface area contributed by atoms with E-state index in [1.807, 2.05) is 24.3 Å². The summed E-state index contributed by atoms with van der Waals surface area (Å²) in [4.78, 5) is 0.